The Labute approximate surface area is 119 Å². The first-order chi connectivity index (χ1) is 9.50. The van der Waals surface area contributed by atoms with Crippen LogP contribution in [-0.4, -0.2) is 23.6 Å². The third kappa shape index (κ3) is 2.80. The van der Waals surface area contributed by atoms with E-state index >= 15 is 0 Å². The van der Waals surface area contributed by atoms with Crippen molar-refractivity contribution in [3.8, 4) is 11.3 Å². The van der Waals surface area contributed by atoms with Crippen molar-refractivity contribution in [1.82, 2.24) is 5.16 Å². The summed E-state index contributed by atoms with van der Waals surface area (Å²) in [6.45, 7) is 1.06. The number of esters is 1. The van der Waals surface area contributed by atoms with Gasteiger partial charge in [-0.05, 0) is 13.0 Å². The molecule has 2 rings (SSSR count). The Morgan fingerprint density at radius 2 is 2.10 bits per heavy atom. The number of aromatic nitrogens is 1. The summed E-state index contributed by atoms with van der Waals surface area (Å²) in [7, 11) is 0. The Balaban J connectivity index is 2.40. The number of carbonyl (C=O) groups is 2. The van der Waals surface area contributed by atoms with E-state index in [-0.39, 0.29) is 17.0 Å². The van der Waals surface area contributed by atoms with E-state index in [1.54, 1.807) is 31.2 Å². The summed E-state index contributed by atoms with van der Waals surface area (Å²) in [5.41, 5.74) is 5.86. The van der Waals surface area contributed by atoms with Crippen LogP contribution in [0.5, 0.6) is 0 Å². The van der Waals surface area contributed by atoms with E-state index in [2.05, 4.69) is 5.16 Å². The van der Waals surface area contributed by atoms with E-state index in [9.17, 15) is 9.59 Å². The summed E-state index contributed by atoms with van der Waals surface area (Å²) in [4.78, 5) is 22.6. The number of ether oxygens (including phenoxy) is 1. The summed E-state index contributed by atoms with van der Waals surface area (Å²) in [6.07, 6.45) is 0. The average molecular weight is 295 g/mol. The average Bonchev–Trinajstić information content (AvgIpc) is 2.78. The number of hydrogen-bond donors (Lipinski definition) is 1. The number of carbonyl (C=O) groups excluding carboxylic acids is 2. The molecule has 2 aromatic rings. The third-order valence-corrected chi connectivity index (χ3v) is 2.87. The normalized spacial score (nSPS) is 10.3. The van der Waals surface area contributed by atoms with Gasteiger partial charge in [0.1, 0.15) is 17.0 Å². The standard InChI is InChI=1S/C13H11ClN2O4/c1-7-11(13(18)19-6-10(15)17)12(16-20-7)8-4-2-3-5-9(8)14/h2-5H,6H2,1H3,(H2,15,17). The molecule has 0 spiro atoms. The van der Waals surface area contributed by atoms with E-state index < -0.39 is 18.5 Å². The molecule has 1 aromatic heterocycles. The predicted octanol–water partition coefficient (Wildman–Crippen LogP) is 1.95. The fourth-order valence-corrected chi connectivity index (χ4v) is 1.88. The smallest absolute Gasteiger partial charge is 0.344 e. The molecule has 20 heavy (non-hydrogen) atoms. The van der Waals surface area contributed by atoms with Crippen molar-refractivity contribution < 1.29 is 18.8 Å². The number of nitrogens with zero attached hydrogens (tertiary/aromatic N) is 1. The van der Waals surface area contributed by atoms with Crippen LogP contribution in [0.25, 0.3) is 11.3 Å². The molecule has 1 amide bonds. The Morgan fingerprint density at radius 3 is 2.75 bits per heavy atom. The van der Waals surface area contributed by atoms with Gasteiger partial charge in [-0.2, -0.15) is 0 Å². The Bertz CT molecular complexity index is 666. The van der Waals surface area contributed by atoms with Gasteiger partial charge in [-0.15, -0.1) is 0 Å². The van der Waals surface area contributed by atoms with Gasteiger partial charge >= 0.3 is 5.97 Å². The second-order valence-corrected chi connectivity index (χ2v) is 4.39. The molecule has 0 fully saturated rings. The molecule has 0 aliphatic carbocycles. The number of halogens is 1. The van der Waals surface area contributed by atoms with E-state index in [0.717, 1.165) is 0 Å². The molecule has 2 N–H and O–H groups in total. The molecule has 0 radical (unpaired) electrons. The summed E-state index contributed by atoms with van der Waals surface area (Å²) >= 11 is 6.06. The van der Waals surface area contributed by atoms with Gasteiger partial charge < -0.3 is 15.0 Å². The Morgan fingerprint density at radius 1 is 1.40 bits per heavy atom. The highest BCUT2D eigenvalue weighted by atomic mass is 35.5. The van der Waals surface area contributed by atoms with Crippen molar-refractivity contribution in [2.75, 3.05) is 6.61 Å². The van der Waals surface area contributed by atoms with E-state index in [1.807, 2.05) is 0 Å². The number of hydrogen-bond acceptors (Lipinski definition) is 5. The molecule has 6 nitrogen and oxygen atoms in total. The van der Waals surface area contributed by atoms with Crippen molar-refractivity contribution in [2.24, 2.45) is 5.73 Å². The molecule has 0 bridgehead atoms. The fourth-order valence-electron chi connectivity index (χ4n) is 1.66. The van der Waals surface area contributed by atoms with Gasteiger partial charge in [0.25, 0.3) is 5.91 Å². The van der Waals surface area contributed by atoms with Crippen LogP contribution in [0.15, 0.2) is 28.8 Å². The van der Waals surface area contributed by atoms with Gasteiger partial charge in [-0.1, -0.05) is 35.0 Å². The first-order valence-electron chi connectivity index (χ1n) is 5.67. The topological polar surface area (TPSA) is 95.4 Å². The zero-order valence-electron chi connectivity index (χ0n) is 10.6. The van der Waals surface area contributed by atoms with E-state index in [0.29, 0.717) is 10.6 Å². The number of benzene rings is 1. The molecule has 0 unspecified atom stereocenters. The van der Waals surface area contributed by atoms with Gasteiger partial charge in [-0.25, -0.2) is 4.79 Å². The minimum absolute atomic E-state index is 0.124. The molecular weight excluding hydrogens is 284 g/mol. The number of amides is 1. The number of rotatable bonds is 4. The van der Waals surface area contributed by atoms with Crippen molar-refractivity contribution >= 4 is 23.5 Å². The van der Waals surface area contributed by atoms with Gasteiger partial charge in [0.15, 0.2) is 6.61 Å². The van der Waals surface area contributed by atoms with Crippen LogP contribution in [-0.2, 0) is 9.53 Å². The molecule has 1 heterocycles. The van der Waals surface area contributed by atoms with Crippen molar-refractivity contribution in [2.45, 2.75) is 6.92 Å². The maximum absolute atomic E-state index is 12.0. The first-order valence-corrected chi connectivity index (χ1v) is 6.05. The number of primary amides is 1. The van der Waals surface area contributed by atoms with Gasteiger partial charge in [0.2, 0.25) is 0 Å². The lowest BCUT2D eigenvalue weighted by molar-refractivity contribution is -0.121. The molecule has 0 atom stereocenters. The van der Waals surface area contributed by atoms with E-state index in [4.69, 9.17) is 26.6 Å². The zero-order valence-corrected chi connectivity index (χ0v) is 11.3. The molecular formula is C13H11ClN2O4. The van der Waals surface area contributed by atoms with Crippen molar-refractivity contribution in [3.05, 3.63) is 40.6 Å². The molecule has 0 saturated carbocycles. The van der Waals surface area contributed by atoms with Crippen LogP contribution >= 0.6 is 11.6 Å². The minimum atomic E-state index is -0.744. The molecule has 104 valence electrons. The summed E-state index contributed by atoms with van der Waals surface area (Å²) in [6, 6.07) is 6.87. The van der Waals surface area contributed by atoms with Crippen LogP contribution in [0, 0.1) is 6.92 Å². The molecule has 7 heteroatoms. The van der Waals surface area contributed by atoms with E-state index in [1.165, 1.54) is 0 Å². The van der Waals surface area contributed by atoms with Gasteiger partial charge in [-0.3, -0.25) is 4.79 Å². The SMILES string of the molecule is Cc1onc(-c2ccccc2Cl)c1C(=O)OCC(N)=O. The number of aryl methyl sites for hydroxylation is 1. The molecule has 1 aromatic carbocycles. The fraction of sp³-hybridized carbons (Fsp3) is 0.154. The summed E-state index contributed by atoms with van der Waals surface area (Å²) < 4.78 is 9.78. The second-order valence-electron chi connectivity index (χ2n) is 3.98. The lowest BCUT2D eigenvalue weighted by Gasteiger charge is -2.04. The van der Waals surface area contributed by atoms with Crippen LogP contribution in [0.1, 0.15) is 16.1 Å². The molecule has 0 aliphatic heterocycles. The highest BCUT2D eigenvalue weighted by Crippen LogP contribution is 2.31. The zero-order chi connectivity index (χ0) is 14.7. The maximum Gasteiger partial charge on any atom is 0.344 e. The third-order valence-electron chi connectivity index (χ3n) is 2.54. The predicted molar refractivity (Wildman–Crippen MR) is 71.2 cm³/mol. The van der Waals surface area contributed by atoms with Gasteiger partial charge in [0.05, 0.1) is 5.02 Å². The largest absolute Gasteiger partial charge is 0.452 e. The minimum Gasteiger partial charge on any atom is -0.452 e. The molecule has 0 aliphatic rings. The monoisotopic (exact) mass is 294 g/mol. The molecule has 0 saturated heterocycles. The highest BCUT2D eigenvalue weighted by Gasteiger charge is 2.24. The quantitative estimate of drug-likeness (QED) is 0.869. The lowest BCUT2D eigenvalue weighted by Crippen LogP contribution is -2.21. The Kier molecular flexibility index (Phi) is 4.05. The van der Waals surface area contributed by atoms with Crippen LogP contribution in [0.2, 0.25) is 5.02 Å². The van der Waals surface area contributed by atoms with Crippen LogP contribution < -0.4 is 5.73 Å². The van der Waals surface area contributed by atoms with Crippen molar-refractivity contribution in [3.63, 3.8) is 0 Å². The highest BCUT2D eigenvalue weighted by molar-refractivity contribution is 6.33. The van der Waals surface area contributed by atoms with Gasteiger partial charge in [0, 0.05) is 5.56 Å². The maximum atomic E-state index is 12.0. The summed E-state index contributed by atoms with van der Waals surface area (Å²) in [5.74, 6) is -1.21. The Hall–Kier alpha value is -2.34. The van der Waals surface area contributed by atoms with Crippen molar-refractivity contribution in [1.29, 1.82) is 0 Å². The number of nitrogens with two attached hydrogens (primary N) is 1. The van der Waals surface area contributed by atoms with Crippen LogP contribution in [0.3, 0.4) is 0 Å². The van der Waals surface area contributed by atoms with Crippen LogP contribution in [0.4, 0.5) is 0 Å². The summed E-state index contributed by atoms with van der Waals surface area (Å²) in [5, 5.41) is 4.24. The first kappa shape index (κ1) is 14.1. The lowest BCUT2D eigenvalue weighted by atomic mass is 10.1. The second kappa shape index (κ2) is 5.75.